The summed E-state index contributed by atoms with van der Waals surface area (Å²) in [4.78, 5) is 6.90. The third kappa shape index (κ3) is 3.32. The highest BCUT2D eigenvalue weighted by Gasteiger charge is 2.27. The Balaban J connectivity index is 1.36. The van der Waals surface area contributed by atoms with Gasteiger partial charge in [-0.1, -0.05) is 35.0 Å². The number of rotatable bonds is 4. The number of ether oxygens (including phenoxy) is 2. The van der Waals surface area contributed by atoms with Crippen molar-refractivity contribution < 1.29 is 14.0 Å². The molecule has 1 unspecified atom stereocenters. The minimum atomic E-state index is 0.156. The largest absolute Gasteiger partial charge is 0.454 e. The lowest BCUT2D eigenvalue weighted by atomic mass is 10.0. The zero-order valence-electron chi connectivity index (χ0n) is 15.1. The van der Waals surface area contributed by atoms with Crippen LogP contribution < -0.4 is 14.8 Å². The number of nitrogens with zero attached hydrogens (tertiary/aromatic N) is 3. The summed E-state index contributed by atoms with van der Waals surface area (Å²) in [7, 11) is 0. The lowest BCUT2D eigenvalue weighted by molar-refractivity contribution is 0.136. The molecule has 3 aromatic rings. The maximum Gasteiger partial charge on any atom is 0.241 e. The summed E-state index contributed by atoms with van der Waals surface area (Å²) in [5.41, 5.74) is 1.94. The van der Waals surface area contributed by atoms with E-state index in [1.54, 1.807) is 0 Å². The summed E-state index contributed by atoms with van der Waals surface area (Å²) >= 11 is 6.43. The Hall–Kier alpha value is -2.61. The van der Waals surface area contributed by atoms with Crippen molar-refractivity contribution in [3.05, 3.63) is 58.9 Å². The van der Waals surface area contributed by atoms with Crippen LogP contribution in [0.1, 0.15) is 17.5 Å². The monoisotopic (exact) mass is 398 g/mol. The van der Waals surface area contributed by atoms with E-state index < -0.39 is 0 Å². The van der Waals surface area contributed by atoms with Crippen molar-refractivity contribution >= 4 is 11.6 Å². The van der Waals surface area contributed by atoms with Gasteiger partial charge in [0.15, 0.2) is 11.5 Å². The summed E-state index contributed by atoms with van der Waals surface area (Å²) < 4.78 is 16.3. The van der Waals surface area contributed by atoms with Crippen LogP contribution in [-0.2, 0) is 6.54 Å². The SMILES string of the molecule is Clc1ccccc1C1CNCCN1Cc1nc(-c2ccc3c(c2)OCO3)no1. The van der Waals surface area contributed by atoms with Gasteiger partial charge in [-0.05, 0) is 29.8 Å². The molecule has 1 saturated heterocycles. The van der Waals surface area contributed by atoms with Crippen molar-refractivity contribution in [2.75, 3.05) is 26.4 Å². The predicted octanol–water partition coefficient (Wildman–Crippen LogP) is 3.27. The van der Waals surface area contributed by atoms with E-state index in [-0.39, 0.29) is 12.8 Å². The summed E-state index contributed by atoms with van der Waals surface area (Å²) in [5.74, 6) is 2.55. The minimum Gasteiger partial charge on any atom is -0.454 e. The Labute approximate surface area is 167 Å². The molecule has 0 aliphatic carbocycles. The fourth-order valence-electron chi connectivity index (χ4n) is 3.63. The van der Waals surface area contributed by atoms with Gasteiger partial charge in [-0.3, -0.25) is 4.90 Å². The second-order valence-corrected chi connectivity index (χ2v) is 7.20. The maximum absolute atomic E-state index is 6.43. The van der Waals surface area contributed by atoms with Crippen LogP contribution in [0.3, 0.4) is 0 Å². The average molecular weight is 399 g/mol. The summed E-state index contributed by atoms with van der Waals surface area (Å²) in [6.45, 7) is 3.41. The van der Waals surface area contributed by atoms with E-state index in [1.807, 2.05) is 36.4 Å². The molecule has 0 amide bonds. The molecule has 2 aliphatic heterocycles. The van der Waals surface area contributed by atoms with Crippen molar-refractivity contribution in [2.45, 2.75) is 12.6 Å². The highest BCUT2D eigenvalue weighted by atomic mass is 35.5. The van der Waals surface area contributed by atoms with Gasteiger partial charge in [0.05, 0.1) is 6.54 Å². The second-order valence-electron chi connectivity index (χ2n) is 6.79. The number of benzene rings is 2. The predicted molar refractivity (Wildman–Crippen MR) is 103 cm³/mol. The first-order valence-corrected chi connectivity index (χ1v) is 9.57. The Morgan fingerprint density at radius 1 is 1.14 bits per heavy atom. The van der Waals surface area contributed by atoms with Crippen LogP contribution in [0.25, 0.3) is 11.4 Å². The molecule has 1 aromatic heterocycles. The first-order valence-electron chi connectivity index (χ1n) is 9.20. The first kappa shape index (κ1) is 17.5. The molecule has 3 heterocycles. The Morgan fingerprint density at radius 2 is 2.04 bits per heavy atom. The number of halogens is 1. The van der Waals surface area contributed by atoms with Crippen LogP contribution in [-0.4, -0.2) is 41.5 Å². The molecular formula is C20H19ClN4O3. The minimum absolute atomic E-state index is 0.156. The van der Waals surface area contributed by atoms with E-state index in [0.29, 0.717) is 24.0 Å². The molecule has 0 spiro atoms. The summed E-state index contributed by atoms with van der Waals surface area (Å²) in [6, 6.07) is 13.7. The van der Waals surface area contributed by atoms with Gasteiger partial charge in [-0.25, -0.2) is 0 Å². The summed E-state index contributed by atoms with van der Waals surface area (Å²) in [5, 5.41) is 8.35. The third-order valence-corrected chi connectivity index (χ3v) is 5.40. The Morgan fingerprint density at radius 3 is 2.96 bits per heavy atom. The third-order valence-electron chi connectivity index (χ3n) is 5.06. The molecule has 7 nitrogen and oxygen atoms in total. The zero-order valence-corrected chi connectivity index (χ0v) is 15.9. The first-order chi connectivity index (χ1) is 13.8. The molecule has 1 fully saturated rings. The van der Waals surface area contributed by atoms with Gasteiger partial charge in [0.25, 0.3) is 0 Å². The van der Waals surface area contributed by atoms with Crippen LogP contribution in [0, 0.1) is 0 Å². The van der Waals surface area contributed by atoms with E-state index in [0.717, 1.165) is 41.5 Å². The molecule has 2 aliphatic rings. The number of piperazine rings is 1. The lowest BCUT2D eigenvalue weighted by Gasteiger charge is -2.35. The summed E-state index contributed by atoms with van der Waals surface area (Å²) in [6.07, 6.45) is 0. The molecule has 8 heteroatoms. The van der Waals surface area contributed by atoms with E-state index in [1.165, 1.54) is 0 Å². The van der Waals surface area contributed by atoms with Gasteiger partial charge in [0.1, 0.15) is 0 Å². The van der Waals surface area contributed by atoms with Gasteiger partial charge < -0.3 is 19.3 Å². The Kier molecular flexibility index (Phi) is 4.64. The van der Waals surface area contributed by atoms with Gasteiger partial charge >= 0.3 is 0 Å². The standard InChI is InChI=1S/C20H19ClN4O3/c21-15-4-2-1-3-14(15)16-10-22-7-8-25(16)11-19-23-20(24-28-19)13-5-6-17-18(9-13)27-12-26-17/h1-6,9,16,22H,7-8,10-12H2. The van der Waals surface area contributed by atoms with Crippen LogP contribution >= 0.6 is 11.6 Å². The molecule has 1 atom stereocenters. The van der Waals surface area contributed by atoms with Gasteiger partial charge in [0.2, 0.25) is 18.5 Å². The van der Waals surface area contributed by atoms with Crippen molar-refractivity contribution in [3.63, 3.8) is 0 Å². The highest BCUT2D eigenvalue weighted by molar-refractivity contribution is 6.31. The topological polar surface area (TPSA) is 72.7 Å². The fourth-order valence-corrected chi connectivity index (χ4v) is 3.90. The molecule has 2 aromatic carbocycles. The number of fused-ring (bicyclic) bond motifs is 1. The second kappa shape index (κ2) is 7.43. The van der Waals surface area contributed by atoms with Crippen molar-refractivity contribution in [1.29, 1.82) is 0 Å². The molecule has 0 bridgehead atoms. The molecule has 28 heavy (non-hydrogen) atoms. The van der Waals surface area contributed by atoms with E-state index >= 15 is 0 Å². The normalized spacial score (nSPS) is 19.1. The average Bonchev–Trinajstić information content (AvgIpc) is 3.38. The highest BCUT2D eigenvalue weighted by Crippen LogP contribution is 2.35. The maximum atomic E-state index is 6.43. The molecular weight excluding hydrogens is 380 g/mol. The molecule has 5 rings (SSSR count). The van der Waals surface area contributed by atoms with Crippen molar-refractivity contribution in [3.8, 4) is 22.9 Å². The molecule has 1 N–H and O–H groups in total. The number of hydrogen-bond acceptors (Lipinski definition) is 7. The fraction of sp³-hybridized carbons (Fsp3) is 0.300. The van der Waals surface area contributed by atoms with Crippen LogP contribution in [0.4, 0.5) is 0 Å². The van der Waals surface area contributed by atoms with E-state index in [9.17, 15) is 0 Å². The molecule has 0 radical (unpaired) electrons. The zero-order chi connectivity index (χ0) is 18.9. The van der Waals surface area contributed by atoms with Gasteiger partial charge in [-0.15, -0.1) is 0 Å². The molecule has 0 saturated carbocycles. The lowest BCUT2D eigenvalue weighted by Crippen LogP contribution is -2.45. The number of nitrogens with one attached hydrogen (secondary N) is 1. The van der Waals surface area contributed by atoms with Crippen LogP contribution in [0.15, 0.2) is 47.0 Å². The van der Waals surface area contributed by atoms with Crippen molar-refractivity contribution in [2.24, 2.45) is 0 Å². The Bertz CT molecular complexity index is 993. The van der Waals surface area contributed by atoms with Crippen LogP contribution in [0.2, 0.25) is 5.02 Å². The van der Waals surface area contributed by atoms with Crippen LogP contribution in [0.5, 0.6) is 11.5 Å². The quantitative estimate of drug-likeness (QED) is 0.723. The molecule has 144 valence electrons. The smallest absolute Gasteiger partial charge is 0.241 e. The van der Waals surface area contributed by atoms with E-state index in [4.69, 9.17) is 25.6 Å². The number of aromatic nitrogens is 2. The van der Waals surface area contributed by atoms with Gasteiger partial charge in [0, 0.05) is 36.3 Å². The van der Waals surface area contributed by atoms with E-state index in [2.05, 4.69) is 26.4 Å². The van der Waals surface area contributed by atoms with Gasteiger partial charge in [-0.2, -0.15) is 4.98 Å². The number of hydrogen-bond donors (Lipinski definition) is 1. The van der Waals surface area contributed by atoms with Crippen molar-refractivity contribution in [1.82, 2.24) is 20.4 Å².